The van der Waals surface area contributed by atoms with Crippen molar-refractivity contribution in [1.82, 2.24) is 4.31 Å². The lowest BCUT2D eigenvalue weighted by atomic mass is 10.2. The molecule has 150 valence electrons. The van der Waals surface area contributed by atoms with Crippen LogP contribution in [0.5, 0.6) is 0 Å². The van der Waals surface area contributed by atoms with Gasteiger partial charge in [-0.05, 0) is 48.2 Å². The highest BCUT2D eigenvalue weighted by Crippen LogP contribution is 2.25. The van der Waals surface area contributed by atoms with Gasteiger partial charge in [-0.25, -0.2) is 8.42 Å². The summed E-state index contributed by atoms with van der Waals surface area (Å²) in [6.07, 6.45) is 1.94. The molecule has 3 rings (SSSR count). The van der Waals surface area contributed by atoms with E-state index in [1.807, 2.05) is 60.9 Å². The lowest BCUT2D eigenvalue weighted by Crippen LogP contribution is -2.26. The summed E-state index contributed by atoms with van der Waals surface area (Å²) in [6, 6.07) is 22.9. The van der Waals surface area contributed by atoms with Crippen LogP contribution in [0.1, 0.15) is 15.9 Å². The second-order valence-corrected chi connectivity index (χ2v) is 9.32. The van der Waals surface area contributed by atoms with Gasteiger partial charge in [0.15, 0.2) is 0 Å². The number of anilines is 1. The van der Waals surface area contributed by atoms with Crippen molar-refractivity contribution in [3.63, 3.8) is 0 Å². The van der Waals surface area contributed by atoms with E-state index in [-0.39, 0.29) is 17.3 Å². The minimum atomic E-state index is -3.65. The smallest absolute Gasteiger partial charge is 0.255 e. The molecule has 0 spiro atoms. The maximum absolute atomic E-state index is 12.8. The van der Waals surface area contributed by atoms with Gasteiger partial charge in [0.25, 0.3) is 5.91 Å². The third-order valence-electron chi connectivity index (χ3n) is 4.43. The van der Waals surface area contributed by atoms with Gasteiger partial charge in [0.2, 0.25) is 10.0 Å². The molecular weight excluding hydrogens is 404 g/mol. The van der Waals surface area contributed by atoms with Gasteiger partial charge in [0.1, 0.15) is 0 Å². The summed E-state index contributed by atoms with van der Waals surface area (Å²) in [7, 11) is -2.11. The molecule has 0 unspecified atom stereocenters. The van der Waals surface area contributed by atoms with Crippen LogP contribution in [0.4, 0.5) is 5.69 Å². The number of carbonyl (C=O) groups excluding carboxylic acids is 1. The number of nitrogens with one attached hydrogen (secondary N) is 1. The Balaban J connectivity index is 1.74. The average molecular weight is 427 g/mol. The van der Waals surface area contributed by atoms with E-state index < -0.39 is 10.0 Å². The Labute approximate surface area is 175 Å². The number of thioether (sulfide) groups is 1. The molecule has 0 atom stereocenters. The quantitative estimate of drug-likeness (QED) is 0.566. The first kappa shape index (κ1) is 21.1. The summed E-state index contributed by atoms with van der Waals surface area (Å²) in [6.45, 7) is 0.275. The molecule has 0 radical (unpaired) electrons. The van der Waals surface area contributed by atoms with Crippen LogP contribution in [0.2, 0.25) is 0 Å². The van der Waals surface area contributed by atoms with Crippen LogP contribution >= 0.6 is 11.8 Å². The summed E-state index contributed by atoms with van der Waals surface area (Å²) in [5.41, 5.74) is 2.02. The molecule has 0 aliphatic rings. The van der Waals surface area contributed by atoms with E-state index in [1.165, 1.54) is 28.6 Å². The van der Waals surface area contributed by atoms with Gasteiger partial charge < -0.3 is 5.32 Å². The third-order valence-corrected chi connectivity index (χ3v) is 7.04. The molecule has 0 saturated carbocycles. The minimum absolute atomic E-state index is 0.150. The first-order valence-electron chi connectivity index (χ1n) is 8.96. The molecule has 3 aromatic rings. The number of amides is 1. The molecule has 0 aliphatic heterocycles. The van der Waals surface area contributed by atoms with Crippen LogP contribution in [-0.2, 0) is 16.6 Å². The zero-order valence-corrected chi connectivity index (χ0v) is 17.8. The summed E-state index contributed by atoms with van der Waals surface area (Å²) in [4.78, 5) is 13.6. The van der Waals surface area contributed by atoms with Crippen LogP contribution in [0.3, 0.4) is 0 Å². The second kappa shape index (κ2) is 9.26. The summed E-state index contributed by atoms with van der Waals surface area (Å²) in [5, 5.41) is 2.87. The molecular formula is C22H22N2O3S2. The highest BCUT2D eigenvalue weighted by Gasteiger charge is 2.21. The van der Waals surface area contributed by atoms with Crippen molar-refractivity contribution in [2.24, 2.45) is 0 Å². The topological polar surface area (TPSA) is 66.5 Å². The van der Waals surface area contributed by atoms with Crippen LogP contribution in [-0.4, -0.2) is 31.9 Å². The van der Waals surface area contributed by atoms with E-state index in [4.69, 9.17) is 0 Å². The van der Waals surface area contributed by atoms with Gasteiger partial charge in [0, 0.05) is 24.1 Å². The van der Waals surface area contributed by atoms with Gasteiger partial charge >= 0.3 is 0 Å². The normalized spacial score (nSPS) is 11.4. The first-order chi connectivity index (χ1) is 13.9. The number of nitrogens with zero attached hydrogens (tertiary/aromatic N) is 1. The number of carbonyl (C=O) groups is 1. The fourth-order valence-corrected chi connectivity index (χ4v) is 4.54. The maximum atomic E-state index is 12.8. The van der Waals surface area contributed by atoms with E-state index in [9.17, 15) is 13.2 Å². The Morgan fingerprint density at radius 1 is 0.931 bits per heavy atom. The summed E-state index contributed by atoms with van der Waals surface area (Å²) < 4.78 is 26.9. The zero-order valence-electron chi connectivity index (χ0n) is 16.2. The highest BCUT2D eigenvalue weighted by molar-refractivity contribution is 7.98. The zero-order chi connectivity index (χ0) is 20.9. The number of rotatable bonds is 7. The Kier molecular flexibility index (Phi) is 6.74. The van der Waals surface area contributed by atoms with E-state index in [0.717, 1.165) is 16.1 Å². The van der Waals surface area contributed by atoms with Crippen molar-refractivity contribution >= 4 is 33.4 Å². The largest absolute Gasteiger partial charge is 0.321 e. The van der Waals surface area contributed by atoms with Crippen LogP contribution in [0, 0.1) is 0 Å². The molecule has 0 heterocycles. The molecule has 7 heteroatoms. The van der Waals surface area contributed by atoms with Gasteiger partial charge in [0.05, 0.1) is 10.6 Å². The predicted octanol–water partition coefficient (Wildman–Crippen LogP) is 4.48. The highest BCUT2D eigenvalue weighted by atomic mass is 32.2. The molecule has 0 saturated heterocycles. The van der Waals surface area contributed by atoms with Crippen molar-refractivity contribution in [2.45, 2.75) is 16.3 Å². The number of benzene rings is 3. The fourth-order valence-electron chi connectivity index (χ4n) is 2.83. The molecule has 0 fully saturated rings. The monoisotopic (exact) mass is 426 g/mol. The van der Waals surface area contributed by atoms with Crippen molar-refractivity contribution in [3.8, 4) is 0 Å². The molecule has 5 nitrogen and oxygen atoms in total. The fraction of sp³-hybridized carbons (Fsp3) is 0.136. The van der Waals surface area contributed by atoms with Crippen molar-refractivity contribution < 1.29 is 13.2 Å². The average Bonchev–Trinajstić information content (AvgIpc) is 2.75. The van der Waals surface area contributed by atoms with E-state index in [1.54, 1.807) is 18.8 Å². The number of para-hydroxylation sites is 1. The number of sulfonamides is 1. The van der Waals surface area contributed by atoms with Crippen molar-refractivity contribution in [1.29, 1.82) is 0 Å². The lowest BCUT2D eigenvalue weighted by molar-refractivity contribution is 0.102. The van der Waals surface area contributed by atoms with E-state index >= 15 is 0 Å². The molecule has 0 aliphatic carbocycles. The first-order valence-corrected chi connectivity index (χ1v) is 11.6. The van der Waals surface area contributed by atoms with Crippen LogP contribution in [0.15, 0.2) is 88.7 Å². The van der Waals surface area contributed by atoms with Crippen molar-refractivity contribution in [2.75, 3.05) is 18.6 Å². The molecule has 29 heavy (non-hydrogen) atoms. The van der Waals surface area contributed by atoms with Gasteiger partial charge in [-0.3, -0.25) is 4.79 Å². The summed E-state index contributed by atoms with van der Waals surface area (Å²) in [5.74, 6) is -0.284. The molecule has 0 aromatic heterocycles. The number of hydrogen-bond acceptors (Lipinski definition) is 4. The summed E-state index contributed by atoms with van der Waals surface area (Å²) >= 11 is 1.54. The van der Waals surface area contributed by atoms with E-state index in [2.05, 4.69) is 5.32 Å². The van der Waals surface area contributed by atoms with E-state index in [0.29, 0.717) is 5.56 Å². The Hall–Kier alpha value is -2.61. The molecule has 1 amide bonds. The minimum Gasteiger partial charge on any atom is -0.321 e. The maximum Gasteiger partial charge on any atom is 0.255 e. The number of hydrogen-bond donors (Lipinski definition) is 1. The Morgan fingerprint density at radius 2 is 1.55 bits per heavy atom. The Bertz CT molecular complexity index is 1080. The van der Waals surface area contributed by atoms with Crippen LogP contribution in [0.25, 0.3) is 0 Å². The molecule has 0 bridgehead atoms. The van der Waals surface area contributed by atoms with Crippen LogP contribution < -0.4 is 5.32 Å². The molecule has 3 aromatic carbocycles. The standard InChI is InChI=1S/C22H22N2O3S2/c1-24(16-17-8-4-3-5-9-17)29(26,27)19-14-12-18(13-15-19)22(25)23-20-10-6-7-11-21(20)28-2/h3-15H,16H2,1-2H3,(H,23,25). The van der Waals surface area contributed by atoms with Gasteiger partial charge in [-0.15, -0.1) is 11.8 Å². The third kappa shape index (κ3) is 5.06. The van der Waals surface area contributed by atoms with Gasteiger partial charge in [-0.1, -0.05) is 42.5 Å². The second-order valence-electron chi connectivity index (χ2n) is 6.43. The van der Waals surface area contributed by atoms with Gasteiger partial charge in [-0.2, -0.15) is 4.31 Å². The Morgan fingerprint density at radius 3 is 2.21 bits per heavy atom. The predicted molar refractivity (Wildman–Crippen MR) is 118 cm³/mol. The van der Waals surface area contributed by atoms with Crippen molar-refractivity contribution in [3.05, 3.63) is 90.0 Å². The lowest BCUT2D eigenvalue weighted by Gasteiger charge is -2.17. The SMILES string of the molecule is CSc1ccccc1NC(=O)c1ccc(S(=O)(=O)N(C)Cc2ccccc2)cc1. The molecule has 1 N–H and O–H groups in total.